The Morgan fingerprint density at radius 3 is 2.61 bits per heavy atom. The van der Waals surface area contributed by atoms with Crippen molar-refractivity contribution in [2.24, 2.45) is 0 Å². The van der Waals surface area contributed by atoms with Crippen LogP contribution in [0.15, 0.2) is 41.0 Å². The van der Waals surface area contributed by atoms with Crippen molar-refractivity contribution in [2.45, 2.75) is 6.54 Å². The molecule has 18 heavy (non-hydrogen) atoms. The molecule has 0 amide bonds. The molecule has 0 saturated carbocycles. The fourth-order valence-corrected chi connectivity index (χ4v) is 1.98. The lowest BCUT2D eigenvalue weighted by Crippen LogP contribution is -2.20. The van der Waals surface area contributed by atoms with Gasteiger partial charge in [-0.25, -0.2) is 0 Å². The second-order valence-electron chi connectivity index (χ2n) is 3.71. The van der Waals surface area contributed by atoms with Crippen LogP contribution in [0.2, 0.25) is 10.0 Å². The summed E-state index contributed by atoms with van der Waals surface area (Å²) in [7, 11) is 0. The van der Waals surface area contributed by atoms with Gasteiger partial charge in [-0.1, -0.05) is 23.2 Å². The normalized spacial score (nSPS) is 10.6. The molecule has 0 bridgehead atoms. The van der Waals surface area contributed by atoms with E-state index in [0.717, 1.165) is 5.76 Å². The van der Waals surface area contributed by atoms with Gasteiger partial charge in [0.05, 0.1) is 12.8 Å². The first-order valence-electron chi connectivity index (χ1n) is 5.56. The molecule has 1 aromatic heterocycles. The van der Waals surface area contributed by atoms with E-state index in [0.29, 0.717) is 35.5 Å². The summed E-state index contributed by atoms with van der Waals surface area (Å²) in [5, 5.41) is 4.34. The number of halogens is 2. The third-order valence-corrected chi connectivity index (χ3v) is 2.70. The third-order valence-electron chi connectivity index (χ3n) is 2.26. The molecule has 2 rings (SSSR count). The molecule has 5 heteroatoms. The predicted octanol–water partition coefficient (Wildman–Crippen LogP) is 3.76. The zero-order valence-corrected chi connectivity index (χ0v) is 11.2. The van der Waals surface area contributed by atoms with Crippen LogP contribution in [-0.4, -0.2) is 13.2 Å². The second-order valence-corrected chi connectivity index (χ2v) is 4.58. The Morgan fingerprint density at radius 1 is 1.17 bits per heavy atom. The molecular weight excluding hydrogens is 273 g/mol. The quantitative estimate of drug-likeness (QED) is 0.821. The Balaban J connectivity index is 1.68. The number of benzene rings is 1. The summed E-state index contributed by atoms with van der Waals surface area (Å²) in [6.07, 6.45) is 1.65. The number of rotatable bonds is 6. The van der Waals surface area contributed by atoms with Gasteiger partial charge in [-0.2, -0.15) is 0 Å². The predicted molar refractivity (Wildman–Crippen MR) is 72.4 cm³/mol. The third kappa shape index (κ3) is 4.26. The van der Waals surface area contributed by atoms with Crippen LogP contribution >= 0.6 is 23.2 Å². The number of furan rings is 1. The molecule has 0 aliphatic rings. The molecule has 0 radical (unpaired) electrons. The highest BCUT2D eigenvalue weighted by Crippen LogP contribution is 2.23. The van der Waals surface area contributed by atoms with Gasteiger partial charge in [-0.05, 0) is 30.3 Å². The van der Waals surface area contributed by atoms with Crippen LogP contribution in [0.25, 0.3) is 0 Å². The summed E-state index contributed by atoms with van der Waals surface area (Å²) in [5.41, 5.74) is 0. The zero-order chi connectivity index (χ0) is 12.8. The molecule has 0 fully saturated rings. The van der Waals surface area contributed by atoms with Gasteiger partial charge >= 0.3 is 0 Å². The van der Waals surface area contributed by atoms with Crippen LogP contribution in [0.3, 0.4) is 0 Å². The van der Waals surface area contributed by atoms with Crippen LogP contribution in [-0.2, 0) is 6.54 Å². The van der Waals surface area contributed by atoms with E-state index in [2.05, 4.69) is 5.32 Å². The average molecular weight is 286 g/mol. The molecule has 3 nitrogen and oxygen atoms in total. The summed E-state index contributed by atoms with van der Waals surface area (Å²) in [5.74, 6) is 1.58. The van der Waals surface area contributed by atoms with Gasteiger partial charge in [-0.3, -0.25) is 0 Å². The number of hydrogen-bond donors (Lipinski definition) is 1. The average Bonchev–Trinajstić information content (AvgIpc) is 2.80. The molecule has 2 aromatic rings. The Kier molecular flexibility index (Phi) is 4.93. The minimum absolute atomic E-state index is 0.539. The maximum atomic E-state index is 5.87. The van der Waals surface area contributed by atoms with Crippen molar-refractivity contribution < 1.29 is 9.15 Å². The molecule has 0 spiro atoms. The smallest absolute Gasteiger partial charge is 0.122 e. The van der Waals surface area contributed by atoms with E-state index in [1.807, 2.05) is 12.1 Å². The highest BCUT2D eigenvalue weighted by molar-refractivity contribution is 6.34. The molecule has 1 N–H and O–H groups in total. The van der Waals surface area contributed by atoms with Gasteiger partial charge in [0.1, 0.15) is 18.1 Å². The fraction of sp³-hybridized carbons (Fsp3) is 0.231. The highest BCUT2D eigenvalue weighted by Gasteiger charge is 1.99. The van der Waals surface area contributed by atoms with Crippen LogP contribution in [0.5, 0.6) is 5.75 Å². The SMILES string of the molecule is Clc1cc(Cl)cc(OCCNCc2ccco2)c1. The standard InChI is InChI=1S/C13H13Cl2NO2/c14-10-6-11(15)8-13(7-10)18-5-3-16-9-12-2-1-4-17-12/h1-2,4,6-8,16H,3,5,9H2. The molecule has 0 aliphatic carbocycles. The lowest BCUT2D eigenvalue weighted by molar-refractivity contribution is 0.311. The molecule has 1 aromatic carbocycles. The molecule has 0 aliphatic heterocycles. The van der Waals surface area contributed by atoms with Crippen molar-refractivity contribution in [3.8, 4) is 5.75 Å². The Morgan fingerprint density at radius 2 is 1.94 bits per heavy atom. The number of nitrogens with one attached hydrogen (secondary N) is 1. The zero-order valence-electron chi connectivity index (χ0n) is 9.66. The van der Waals surface area contributed by atoms with Crippen molar-refractivity contribution in [3.63, 3.8) is 0 Å². The lowest BCUT2D eigenvalue weighted by atomic mass is 10.3. The summed E-state index contributed by atoms with van der Waals surface area (Å²) >= 11 is 11.7. The lowest BCUT2D eigenvalue weighted by Gasteiger charge is -2.07. The minimum Gasteiger partial charge on any atom is -0.492 e. The summed E-state index contributed by atoms with van der Waals surface area (Å²) in [6, 6.07) is 8.93. The molecule has 0 saturated heterocycles. The topological polar surface area (TPSA) is 34.4 Å². The maximum absolute atomic E-state index is 5.87. The minimum atomic E-state index is 0.539. The largest absolute Gasteiger partial charge is 0.492 e. The van der Waals surface area contributed by atoms with Crippen molar-refractivity contribution in [3.05, 3.63) is 52.4 Å². The second kappa shape index (κ2) is 6.69. The molecule has 1 heterocycles. The molecule has 0 unspecified atom stereocenters. The van der Waals surface area contributed by atoms with Crippen LogP contribution in [0.1, 0.15) is 5.76 Å². The van der Waals surface area contributed by atoms with Crippen LogP contribution in [0.4, 0.5) is 0 Å². The highest BCUT2D eigenvalue weighted by atomic mass is 35.5. The molecule has 96 valence electrons. The van der Waals surface area contributed by atoms with Crippen molar-refractivity contribution >= 4 is 23.2 Å². The van der Waals surface area contributed by atoms with Gasteiger partial charge < -0.3 is 14.5 Å². The van der Waals surface area contributed by atoms with Gasteiger partial charge in [0.25, 0.3) is 0 Å². The van der Waals surface area contributed by atoms with Crippen molar-refractivity contribution in [2.75, 3.05) is 13.2 Å². The van der Waals surface area contributed by atoms with Gasteiger partial charge in [0.15, 0.2) is 0 Å². The first-order valence-corrected chi connectivity index (χ1v) is 6.31. The maximum Gasteiger partial charge on any atom is 0.122 e. The van der Waals surface area contributed by atoms with Crippen LogP contribution in [0, 0.1) is 0 Å². The van der Waals surface area contributed by atoms with E-state index < -0.39 is 0 Å². The van der Waals surface area contributed by atoms with E-state index in [9.17, 15) is 0 Å². The van der Waals surface area contributed by atoms with E-state index in [1.165, 1.54) is 0 Å². The first kappa shape index (κ1) is 13.3. The number of ether oxygens (including phenoxy) is 1. The Bertz CT molecular complexity index is 465. The summed E-state index contributed by atoms with van der Waals surface area (Å²) < 4.78 is 10.7. The summed E-state index contributed by atoms with van der Waals surface area (Å²) in [4.78, 5) is 0. The van der Waals surface area contributed by atoms with E-state index in [4.69, 9.17) is 32.4 Å². The molecular formula is C13H13Cl2NO2. The number of hydrogen-bond acceptors (Lipinski definition) is 3. The van der Waals surface area contributed by atoms with Gasteiger partial charge in [0, 0.05) is 16.6 Å². The fourth-order valence-electron chi connectivity index (χ4n) is 1.48. The van der Waals surface area contributed by atoms with E-state index in [-0.39, 0.29) is 0 Å². The first-order chi connectivity index (χ1) is 8.74. The monoisotopic (exact) mass is 285 g/mol. The van der Waals surface area contributed by atoms with Gasteiger partial charge in [-0.15, -0.1) is 0 Å². The summed E-state index contributed by atoms with van der Waals surface area (Å²) in [6.45, 7) is 1.94. The Hall–Kier alpha value is -1.16. The van der Waals surface area contributed by atoms with Crippen molar-refractivity contribution in [1.82, 2.24) is 5.32 Å². The van der Waals surface area contributed by atoms with Crippen LogP contribution < -0.4 is 10.1 Å². The van der Waals surface area contributed by atoms with Crippen molar-refractivity contribution in [1.29, 1.82) is 0 Å². The Labute approximate surface area is 116 Å². The van der Waals surface area contributed by atoms with E-state index >= 15 is 0 Å². The molecule has 0 atom stereocenters. The van der Waals surface area contributed by atoms with E-state index in [1.54, 1.807) is 24.5 Å². The van der Waals surface area contributed by atoms with Gasteiger partial charge in [0.2, 0.25) is 0 Å².